The zero-order chi connectivity index (χ0) is 16.0. The summed E-state index contributed by atoms with van der Waals surface area (Å²) >= 11 is 0. The monoisotopic (exact) mass is 297 g/mol. The third kappa shape index (κ3) is 4.96. The zero-order valence-corrected chi connectivity index (χ0v) is 14.6. The summed E-state index contributed by atoms with van der Waals surface area (Å²) in [4.78, 5) is 14.6. The number of hydrogen-bond acceptors (Lipinski definition) is 3. The molecule has 2 atom stereocenters. The van der Waals surface area contributed by atoms with Crippen LogP contribution in [-0.4, -0.2) is 41.5 Å². The van der Waals surface area contributed by atoms with Gasteiger partial charge in [0.2, 0.25) is 5.91 Å². The first-order valence-corrected chi connectivity index (χ1v) is 8.63. The molecule has 0 spiro atoms. The van der Waals surface area contributed by atoms with Gasteiger partial charge in [0.05, 0.1) is 5.54 Å². The first kappa shape index (κ1) is 18.4. The minimum Gasteiger partial charge on any atom is -0.368 e. The zero-order valence-electron chi connectivity index (χ0n) is 14.6. The third-order valence-electron chi connectivity index (χ3n) is 4.62. The summed E-state index contributed by atoms with van der Waals surface area (Å²) in [6.45, 7) is 13.1. The van der Waals surface area contributed by atoms with Crippen LogP contribution in [0, 0.1) is 5.92 Å². The highest BCUT2D eigenvalue weighted by atomic mass is 16.1. The van der Waals surface area contributed by atoms with Gasteiger partial charge in [-0.3, -0.25) is 9.69 Å². The van der Waals surface area contributed by atoms with Gasteiger partial charge in [-0.05, 0) is 58.4 Å². The summed E-state index contributed by atoms with van der Waals surface area (Å²) in [6.07, 6.45) is 5.01. The number of carbonyl (C=O) groups is 1. The Kier molecular flexibility index (Phi) is 7.14. The van der Waals surface area contributed by atoms with Crippen LogP contribution in [0.1, 0.15) is 66.7 Å². The lowest BCUT2D eigenvalue weighted by atomic mass is 9.77. The molecule has 3 N–H and O–H groups in total. The summed E-state index contributed by atoms with van der Waals surface area (Å²) in [5.41, 5.74) is 5.27. The van der Waals surface area contributed by atoms with E-state index in [0.717, 1.165) is 38.8 Å². The number of amides is 1. The normalized spacial score (nSPS) is 26.8. The van der Waals surface area contributed by atoms with E-state index in [1.165, 1.54) is 6.42 Å². The molecule has 2 unspecified atom stereocenters. The standard InChI is InChI=1S/C17H35N3O/c1-6-10-19-17(16(18)21)9-7-8-15(11-17)20(14(4)5)12-13(2)3/h13-15,19H,6-12H2,1-5H3,(H2,18,21). The van der Waals surface area contributed by atoms with Crippen molar-refractivity contribution < 1.29 is 4.79 Å². The molecule has 1 saturated carbocycles. The van der Waals surface area contributed by atoms with E-state index < -0.39 is 5.54 Å². The molecular weight excluding hydrogens is 262 g/mol. The Morgan fingerprint density at radius 1 is 1.38 bits per heavy atom. The van der Waals surface area contributed by atoms with Gasteiger partial charge in [-0.1, -0.05) is 20.8 Å². The Hall–Kier alpha value is -0.610. The van der Waals surface area contributed by atoms with Crippen LogP contribution >= 0.6 is 0 Å². The minimum absolute atomic E-state index is 0.172. The predicted molar refractivity (Wildman–Crippen MR) is 89.2 cm³/mol. The molecule has 0 aromatic carbocycles. The first-order chi connectivity index (χ1) is 9.82. The lowest BCUT2D eigenvalue weighted by molar-refractivity contribution is -0.127. The van der Waals surface area contributed by atoms with Gasteiger partial charge in [-0.2, -0.15) is 0 Å². The fraction of sp³-hybridized carbons (Fsp3) is 0.941. The molecule has 1 rings (SSSR count). The number of nitrogens with one attached hydrogen (secondary N) is 1. The Bertz CT molecular complexity index is 330. The molecule has 4 heteroatoms. The topological polar surface area (TPSA) is 58.4 Å². The van der Waals surface area contributed by atoms with Gasteiger partial charge >= 0.3 is 0 Å². The number of primary amides is 1. The molecule has 1 aliphatic rings. The van der Waals surface area contributed by atoms with Crippen molar-refractivity contribution in [3.63, 3.8) is 0 Å². The Labute approximate surface area is 130 Å². The molecule has 1 amide bonds. The molecule has 0 aliphatic heterocycles. The number of rotatable bonds is 8. The Morgan fingerprint density at radius 3 is 2.52 bits per heavy atom. The number of nitrogens with zero attached hydrogens (tertiary/aromatic N) is 1. The highest BCUT2D eigenvalue weighted by Gasteiger charge is 2.42. The summed E-state index contributed by atoms with van der Waals surface area (Å²) in [6, 6.07) is 0.963. The van der Waals surface area contributed by atoms with E-state index in [-0.39, 0.29) is 5.91 Å². The average molecular weight is 297 g/mol. The van der Waals surface area contributed by atoms with Crippen LogP contribution in [0.3, 0.4) is 0 Å². The maximum Gasteiger partial charge on any atom is 0.237 e. The average Bonchev–Trinajstić information content (AvgIpc) is 2.42. The lowest BCUT2D eigenvalue weighted by Gasteiger charge is -2.45. The van der Waals surface area contributed by atoms with E-state index in [1.54, 1.807) is 0 Å². The summed E-state index contributed by atoms with van der Waals surface area (Å²) in [5.74, 6) is 0.467. The Balaban J connectivity index is 2.86. The van der Waals surface area contributed by atoms with Crippen LogP contribution in [-0.2, 0) is 4.79 Å². The maximum atomic E-state index is 12.1. The molecule has 0 bridgehead atoms. The smallest absolute Gasteiger partial charge is 0.237 e. The second kappa shape index (κ2) is 8.14. The molecule has 1 aliphatic carbocycles. The van der Waals surface area contributed by atoms with E-state index >= 15 is 0 Å². The molecule has 4 nitrogen and oxygen atoms in total. The van der Waals surface area contributed by atoms with Crippen molar-refractivity contribution in [2.24, 2.45) is 11.7 Å². The van der Waals surface area contributed by atoms with Gasteiger partial charge < -0.3 is 11.1 Å². The second-order valence-electron chi connectivity index (χ2n) is 7.31. The van der Waals surface area contributed by atoms with Crippen molar-refractivity contribution in [2.45, 2.75) is 84.3 Å². The number of hydrogen-bond donors (Lipinski definition) is 2. The first-order valence-electron chi connectivity index (χ1n) is 8.63. The molecule has 0 radical (unpaired) electrons. The number of carbonyl (C=O) groups excluding carboxylic acids is 1. The molecule has 0 aromatic heterocycles. The van der Waals surface area contributed by atoms with Crippen LogP contribution in [0.25, 0.3) is 0 Å². The van der Waals surface area contributed by atoms with E-state index in [1.807, 2.05) is 0 Å². The van der Waals surface area contributed by atoms with E-state index in [9.17, 15) is 4.79 Å². The highest BCUT2D eigenvalue weighted by Crippen LogP contribution is 2.32. The fourth-order valence-corrected chi connectivity index (χ4v) is 3.57. The van der Waals surface area contributed by atoms with Gasteiger partial charge in [0.15, 0.2) is 0 Å². The minimum atomic E-state index is -0.497. The van der Waals surface area contributed by atoms with Crippen molar-refractivity contribution in [2.75, 3.05) is 13.1 Å². The largest absolute Gasteiger partial charge is 0.368 e. The predicted octanol–water partition coefficient (Wildman–Crippen LogP) is 2.52. The van der Waals surface area contributed by atoms with Crippen LogP contribution in [0.15, 0.2) is 0 Å². The summed E-state index contributed by atoms with van der Waals surface area (Å²) in [5, 5.41) is 3.46. The van der Waals surface area contributed by atoms with Crippen molar-refractivity contribution in [1.82, 2.24) is 10.2 Å². The van der Waals surface area contributed by atoms with Crippen molar-refractivity contribution in [3.8, 4) is 0 Å². The summed E-state index contributed by atoms with van der Waals surface area (Å²) in [7, 11) is 0. The quantitative estimate of drug-likeness (QED) is 0.724. The molecule has 21 heavy (non-hydrogen) atoms. The van der Waals surface area contributed by atoms with Crippen LogP contribution in [0.5, 0.6) is 0 Å². The Morgan fingerprint density at radius 2 is 2.05 bits per heavy atom. The van der Waals surface area contributed by atoms with Gasteiger partial charge in [-0.25, -0.2) is 0 Å². The molecule has 0 heterocycles. The highest BCUT2D eigenvalue weighted by molar-refractivity contribution is 5.84. The lowest BCUT2D eigenvalue weighted by Crippen LogP contribution is -2.61. The third-order valence-corrected chi connectivity index (χ3v) is 4.62. The number of nitrogens with two attached hydrogens (primary N) is 1. The fourth-order valence-electron chi connectivity index (χ4n) is 3.57. The molecule has 124 valence electrons. The van der Waals surface area contributed by atoms with Crippen molar-refractivity contribution in [1.29, 1.82) is 0 Å². The molecule has 0 aromatic rings. The summed E-state index contributed by atoms with van der Waals surface area (Å²) < 4.78 is 0. The van der Waals surface area contributed by atoms with E-state index in [4.69, 9.17) is 5.73 Å². The van der Waals surface area contributed by atoms with Gasteiger partial charge in [-0.15, -0.1) is 0 Å². The van der Waals surface area contributed by atoms with E-state index in [2.05, 4.69) is 44.8 Å². The SMILES string of the molecule is CCCNC1(C(N)=O)CCCC(N(CC(C)C)C(C)C)C1. The second-order valence-corrected chi connectivity index (χ2v) is 7.31. The van der Waals surface area contributed by atoms with Crippen molar-refractivity contribution in [3.05, 3.63) is 0 Å². The van der Waals surface area contributed by atoms with Gasteiger partial charge in [0.25, 0.3) is 0 Å². The van der Waals surface area contributed by atoms with Gasteiger partial charge in [0.1, 0.15) is 0 Å². The van der Waals surface area contributed by atoms with Crippen LogP contribution in [0.2, 0.25) is 0 Å². The van der Waals surface area contributed by atoms with Crippen LogP contribution < -0.4 is 11.1 Å². The van der Waals surface area contributed by atoms with Gasteiger partial charge in [0, 0.05) is 18.6 Å². The van der Waals surface area contributed by atoms with E-state index in [0.29, 0.717) is 18.0 Å². The molecule has 0 saturated heterocycles. The van der Waals surface area contributed by atoms with Crippen LogP contribution in [0.4, 0.5) is 0 Å². The molecule has 1 fully saturated rings. The maximum absolute atomic E-state index is 12.1. The van der Waals surface area contributed by atoms with Crippen molar-refractivity contribution >= 4 is 5.91 Å². The molecular formula is C17H35N3O.